The van der Waals surface area contributed by atoms with Crippen LogP contribution in [0.25, 0.3) is 11.1 Å². The van der Waals surface area contributed by atoms with Gasteiger partial charge in [0, 0.05) is 42.5 Å². The number of aromatic carboxylic acids is 1. The van der Waals surface area contributed by atoms with Crippen LogP contribution in [0.2, 0.25) is 5.02 Å². The molecule has 0 saturated carbocycles. The van der Waals surface area contributed by atoms with Gasteiger partial charge < -0.3 is 9.67 Å². The van der Waals surface area contributed by atoms with Gasteiger partial charge in [-0.25, -0.2) is 4.79 Å². The van der Waals surface area contributed by atoms with E-state index in [0.717, 1.165) is 29.8 Å². The van der Waals surface area contributed by atoms with Gasteiger partial charge in [0.1, 0.15) is 0 Å². The molecule has 0 aliphatic carbocycles. The number of ketones is 1. The molecule has 0 amide bonds. The molecule has 0 saturated heterocycles. The summed E-state index contributed by atoms with van der Waals surface area (Å²) in [7, 11) is 0. The molecule has 0 spiro atoms. The fraction of sp³-hybridized carbons (Fsp3) is 0.143. The van der Waals surface area contributed by atoms with Crippen LogP contribution < -0.4 is 5.56 Å². The molecule has 6 nitrogen and oxygen atoms in total. The van der Waals surface area contributed by atoms with E-state index in [4.69, 9.17) is 16.7 Å². The maximum Gasteiger partial charge on any atom is 0.417 e. The highest BCUT2D eigenvalue weighted by atomic mass is 35.5. The molecule has 0 aliphatic rings. The summed E-state index contributed by atoms with van der Waals surface area (Å²) in [5, 5.41) is 9.17. The van der Waals surface area contributed by atoms with Gasteiger partial charge in [0.15, 0.2) is 5.78 Å². The lowest BCUT2D eigenvalue weighted by Crippen LogP contribution is -2.31. The Labute approximate surface area is 220 Å². The lowest BCUT2D eigenvalue weighted by atomic mass is 9.96. The van der Waals surface area contributed by atoms with E-state index in [9.17, 15) is 27.6 Å². The van der Waals surface area contributed by atoms with Crippen LogP contribution >= 0.6 is 11.6 Å². The summed E-state index contributed by atoms with van der Waals surface area (Å²) < 4.78 is 42.0. The van der Waals surface area contributed by atoms with Crippen molar-refractivity contribution >= 4 is 23.4 Å². The van der Waals surface area contributed by atoms with E-state index in [2.05, 4.69) is 4.98 Å². The molecular weight excluding hydrogens is 521 g/mol. The Morgan fingerprint density at radius 2 is 1.63 bits per heavy atom. The highest BCUT2D eigenvalue weighted by Gasteiger charge is 2.34. The second-order valence-electron chi connectivity index (χ2n) is 8.57. The number of aromatic nitrogens is 2. The molecule has 38 heavy (non-hydrogen) atoms. The summed E-state index contributed by atoms with van der Waals surface area (Å²) in [4.78, 5) is 41.7. The fourth-order valence-corrected chi connectivity index (χ4v) is 4.28. The van der Waals surface area contributed by atoms with Gasteiger partial charge in [-0.15, -0.1) is 0 Å². The summed E-state index contributed by atoms with van der Waals surface area (Å²) in [5.41, 5.74) is -0.480. The van der Waals surface area contributed by atoms with Crippen molar-refractivity contribution in [2.45, 2.75) is 25.1 Å². The molecule has 1 N–H and O–H groups in total. The largest absolute Gasteiger partial charge is 0.478 e. The molecule has 1 unspecified atom stereocenters. The van der Waals surface area contributed by atoms with Crippen molar-refractivity contribution < 1.29 is 27.9 Å². The van der Waals surface area contributed by atoms with E-state index >= 15 is 0 Å². The smallest absolute Gasteiger partial charge is 0.417 e. The van der Waals surface area contributed by atoms with Crippen LogP contribution in [0, 0.1) is 0 Å². The van der Waals surface area contributed by atoms with Gasteiger partial charge in [0.25, 0.3) is 5.56 Å². The molecule has 4 aromatic rings. The standard InChI is InChI=1S/C28H20ClF3N2O4/c29-21-5-6-23(28(30,31)32)22(16-21)20-9-12-34(26(36)15-20)24(13-18-7-10-33-11-8-18)25(35)14-17-1-3-19(4-2-17)27(37)38/h1-12,15-16,24H,13-14H2,(H,37,38). The van der Waals surface area contributed by atoms with Gasteiger partial charge in [-0.3, -0.25) is 14.6 Å². The Hall–Kier alpha value is -4.24. The van der Waals surface area contributed by atoms with Crippen LogP contribution in [0.1, 0.15) is 33.1 Å². The van der Waals surface area contributed by atoms with Crippen molar-refractivity contribution in [3.05, 3.63) is 123 Å². The number of pyridine rings is 2. The molecule has 0 aliphatic heterocycles. The molecule has 0 radical (unpaired) electrons. The van der Waals surface area contributed by atoms with E-state index in [0.29, 0.717) is 5.56 Å². The zero-order chi connectivity index (χ0) is 27.4. The van der Waals surface area contributed by atoms with Gasteiger partial charge in [-0.2, -0.15) is 13.2 Å². The quantitative estimate of drug-likeness (QED) is 0.302. The van der Waals surface area contributed by atoms with Crippen LogP contribution in [0.4, 0.5) is 13.2 Å². The van der Waals surface area contributed by atoms with Crippen molar-refractivity contribution in [3.8, 4) is 11.1 Å². The maximum absolute atomic E-state index is 13.6. The number of carboxylic acid groups (broad SMARTS) is 1. The number of hydrogen-bond acceptors (Lipinski definition) is 4. The number of rotatable bonds is 8. The average molecular weight is 541 g/mol. The van der Waals surface area contributed by atoms with Crippen molar-refractivity contribution in [2.24, 2.45) is 0 Å². The molecule has 2 aromatic carbocycles. The fourth-order valence-electron chi connectivity index (χ4n) is 4.11. The number of carboxylic acids is 1. The predicted molar refractivity (Wildman–Crippen MR) is 135 cm³/mol. The zero-order valence-electron chi connectivity index (χ0n) is 19.7. The molecule has 0 fully saturated rings. The van der Waals surface area contributed by atoms with E-state index < -0.39 is 29.3 Å². The van der Waals surface area contributed by atoms with Crippen LogP contribution in [0.5, 0.6) is 0 Å². The molecular formula is C28H20ClF3N2O4. The van der Waals surface area contributed by atoms with Gasteiger partial charge in [0.05, 0.1) is 17.2 Å². The van der Waals surface area contributed by atoms with E-state index in [-0.39, 0.29) is 40.3 Å². The van der Waals surface area contributed by atoms with E-state index in [1.165, 1.54) is 41.1 Å². The Balaban J connectivity index is 1.72. The number of benzene rings is 2. The third-order valence-electron chi connectivity index (χ3n) is 6.01. The molecule has 2 aromatic heterocycles. The van der Waals surface area contributed by atoms with Crippen molar-refractivity contribution in [1.29, 1.82) is 0 Å². The predicted octanol–water partition coefficient (Wildman–Crippen LogP) is 5.88. The minimum absolute atomic E-state index is 0.0143. The monoisotopic (exact) mass is 540 g/mol. The Morgan fingerprint density at radius 3 is 2.24 bits per heavy atom. The van der Waals surface area contributed by atoms with Gasteiger partial charge in [-0.1, -0.05) is 23.7 Å². The van der Waals surface area contributed by atoms with Crippen molar-refractivity contribution in [2.75, 3.05) is 0 Å². The Bertz CT molecular complexity index is 1530. The van der Waals surface area contributed by atoms with Crippen LogP contribution in [-0.2, 0) is 23.8 Å². The third kappa shape index (κ3) is 6.18. The van der Waals surface area contributed by atoms with E-state index in [1.807, 2.05) is 0 Å². The Morgan fingerprint density at radius 1 is 0.947 bits per heavy atom. The lowest BCUT2D eigenvalue weighted by Gasteiger charge is -2.20. The summed E-state index contributed by atoms with van der Waals surface area (Å²) in [6.45, 7) is 0. The van der Waals surface area contributed by atoms with Crippen LogP contribution in [0.15, 0.2) is 90.1 Å². The Kier molecular flexibility index (Phi) is 7.78. The number of halogens is 4. The molecule has 194 valence electrons. The molecule has 10 heteroatoms. The van der Waals surface area contributed by atoms with E-state index in [1.54, 1.807) is 24.5 Å². The minimum atomic E-state index is -4.66. The number of carbonyl (C=O) groups excluding carboxylic acids is 1. The summed E-state index contributed by atoms with van der Waals surface area (Å²) in [6.07, 6.45) is -0.216. The lowest BCUT2D eigenvalue weighted by molar-refractivity contribution is -0.137. The second-order valence-corrected chi connectivity index (χ2v) is 9.01. The zero-order valence-corrected chi connectivity index (χ0v) is 20.4. The second kappa shape index (κ2) is 11.0. The summed E-state index contributed by atoms with van der Waals surface area (Å²) in [5.74, 6) is -1.43. The molecule has 2 heterocycles. The normalized spacial score (nSPS) is 12.2. The first kappa shape index (κ1) is 26.8. The first-order valence-corrected chi connectivity index (χ1v) is 11.7. The topological polar surface area (TPSA) is 89.3 Å². The van der Waals surface area contributed by atoms with Crippen molar-refractivity contribution in [3.63, 3.8) is 0 Å². The van der Waals surface area contributed by atoms with Crippen LogP contribution in [-0.4, -0.2) is 26.4 Å². The first-order chi connectivity index (χ1) is 18.0. The number of hydrogen-bond donors (Lipinski definition) is 1. The molecule has 4 rings (SSSR count). The van der Waals surface area contributed by atoms with Gasteiger partial charge in [-0.05, 0) is 70.8 Å². The number of carbonyl (C=O) groups is 2. The molecule has 0 bridgehead atoms. The highest BCUT2D eigenvalue weighted by molar-refractivity contribution is 6.30. The number of nitrogens with zero attached hydrogens (tertiary/aromatic N) is 2. The van der Waals surface area contributed by atoms with Crippen molar-refractivity contribution in [1.82, 2.24) is 9.55 Å². The molecule has 1 atom stereocenters. The summed E-state index contributed by atoms with van der Waals surface area (Å²) >= 11 is 5.94. The van der Waals surface area contributed by atoms with Gasteiger partial charge in [0.2, 0.25) is 0 Å². The SMILES string of the molecule is O=C(O)c1ccc(CC(=O)C(Cc2ccncc2)n2ccc(-c3cc(Cl)ccc3C(F)(F)F)cc2=O)cc1. The summed E-state index contributed by atoms with van der Waals surface area (Å²) in [6, 6.07) is 13.8. The number of alkyl halides is 3. The third-order valence-corrected chi connectivity index (χ3v) is 6.25. The maximum atomic E-state index is 13.6. The minimum Gasteiger partial charge on any atom is -0.478 e. The van der Waals surface area contributed by atoms with Crippen LogP contribution in [0.3, 0.4) is 0 Å². The van der Waals surface area contributed by atoms with Gasteiger partial charge >= 0.3 is 12.1 Å². The first-order valence-electron chi connectivity index (χ1n) is 11.4. The number of Topliss-reactive ketones (excluding diaryl/α,β-unsaturated/α-hetero) is 1. The highest BCUT2D eigenvalue weighted by Crippen LogP contribution is 2.38. The average Bonchev–Trinajstić information content (AvgIpc) is 2.87.